The molecule has 45 heavy (non-hydrogen) atoms. The van der Waals surface area contributed by atoms with Gasteiger partial charge in [-0.15, -0.1) is 0 Å². The van der Waals surface area contributed by atoms with Gasteiger partial charge in [0, 0.05) is 5.56 Å². The monoisotopic (exact) mass is 676 g/mol. The highest BCUT2D eigenvalue weighted by Gasteiger charge is 2.71. The highest BCUT2D eigenvalue weighted by atomic mass is 32.2. The Kier molecular flexibility index (Phi) is 9.11. The van der Waals surface area contributed by atoms with Gasteiger partial charge in [0.2, 0.25) is 0 Å². The molecular formula is C26H17F9O9S. The van der Waals surface area contributed by atoms with Crippen molar-refractivity contribution in [3.63, 3.8) is 0 Å². The molecule has 0 aliphatic carbocycles. The van der Waals surface area contributed by atoms with Gasteiger partial charge in [-0.3, -0.25) is 4.55 Å². The quantitative estimate of drug-likeness (QED) is 0.129. The maximum atomic E-state index is 13.1. The highest BCUT2D eigenvalue weighted by Crippen LogP contribution is 2.50. The van der Waals surface area contributed by atoms with Crippen LogP contribution in [-0.4, -0.2) is 53.7 Å². The predicted molar refractivity (Wildman–Crippen MR) is 131 cm³/mol. The number of halogens is 9. The van der Waals surface area contributed by atoms with E-state index in [0.29, 0.717) is 37.3 Å². The number of carbonyl (C=O) groups is 2. The lowest BCUT2D eigenvalue weighted by atomic mass is 9.92. The summed E-state index contributed by atoms with van der Waals surface area (Å²) in [6, 6.07) is 6.09. The number of ether oxygens (including phenoxy) is 2. The fourth-order valence-electron chi connectivity index (χ4n) is 3.58. The number of esters is 2. The van der Waals surface area contributed by atoms with E-state index in [9.17, 15) is 72.3 Å². The molecule has 0 aliphatic rings. The SMILES string of the molecule is CC(O)(c1ccc(OC(=O)c2cc(C(=O)Oc3ccc(C(O)(C(F)(F)F)C(F)(F)F)cc3)cc(S(=O)(=O)O)c2)cc1)C(F)(F)F. The van der Waals surface area contributed by atoms with E-state index in [2.05, 4.69) is 0 Å². The molecule has 3 rings (SSSR count). The summed E-state index contributed by atoms with van der Waals surface area (Å²) in [5.74, 6) is -4.08. The molecule has 0 saturated heterocycles. The van der Waals surface area contributed by atoms with E-state index in [1.807, 2.05) is 0 Å². The standard InChI is InChI=1S/C26H17F9O9S/c1-22(38,24(27,28)29)15-2-6-17(7-3-15)43-20(36)13-10-14(12-19(11-13)45(40,41)42)21(37)44-18-8-4-16(5-9-18)23(39,25(30,31)32)26(33,34)35/h2-12,38-39H,1H3,(H,40,41,42). The van der Waals surface area contributed by atoms with Crippen molar-refractivity contribution in [3.05, 3.63) is 89.0 Å². The van der Waals surface area contributed by atoms with Gasteiger partial charge in [-0.05, 0) is 55.0 Å². The van der Waals surface area contributed by atoms with Gasteiger partial charge in [-0.1, -0.05) is 24.3 Å². The molecule has 3 aromatic rings. The first-order chi connectivity index (χ1) is 20.3. The smallest absolute Gasteiger partial charge is 0.423 e. The van der Waals surface area contributed by atoms with Crippen molar-refractivity contribution in [1.82, 2.24) is 0 Å². The van der Waals surface area contributed by atoms with E-state index >= 15 is 0 Å². The molecule has 1 atom stereocenters. The Balaban J connectivity index is 1.90. The van der Waals surface area contributed by atoms with Crippen LogP contribution in [0.2, 0.25) is 0 Å². The molecule has 3 N–H and O–H groups in total. The summed E-state index contributed by atoms with van der Waals surface area (Å²) in [7, 11) is -5.14. The average Bonchev–Trinajstić information content (AvgIpc) is 2.90. The lowest BCUT2D eigenvalue weighted by Crippen LogP contribution is -2.53. The number of carbonyl (C=O) groups excluding carboxylic acids is 2. The van der Waals surface area contributed by atoms with Gasteiger partial charge in [0.15, 0.2) is 5.60 Å². The van der Waals surface area contributed by atoms with Crippen molar-refractivity contribution in [1.29, 1.82) is 0 Å². The van der Waals surface area contributed by atoms with Crippen LogP contribution in [0.4, 0.5) is 39.5 Å². The zero-order valence-corrected chi connectivity index (χ0v) is 22.8. The minimum Gasteiger partial charge on any atom is -0.423 e. The fraction of sp³-hybridized carbons (Fsp3) is 0.231. The molecule has 0 aliphatic heterocycles. The molecule has 9 nitrogen and oxygen atoms in total. The van der Waals surface area contributed by atoms with Gasteiger partial charge in [0.05, 0.1) is 16.0 Å². The van der Waals surface area contributed by atoms with E-state index in [1.54, 1.807) is 0 Å². The van der Waals surface area contributed by atoms with Crippen LogP contribution in [0.5, 0.6) is 11.5 Å². The van der Waals surface area contributed by atoms with Gasteiger partial charge < -0.3 is 19.7 Å². The lowest BCUT2D eigenvalue weighted by Gasteiger charge is -2.32. The molecule has 0 fully saturated rings. The topological polar surface area (TPSA) is 147 Å². The first-order valence-corrected chi connectivity index (χ1v) is 13.2. The number of aliphatic hydroxyl groups is 2. The van der Waals surface area contributed by atoms with Crippen molar-refractivity contribution in [2.45, 2.75) is 41.6 Å². The van der Waals surface area contributed by atoms with E-state index in [0.717, 1.165) is 24.3 Å². The van der Waals surface area contributed by atoms with Crippen molar-refractivity contribution >= 4 is 22.1 Å². The zero-order valence-electron chi connectivity index (χ0n) is 22.0. The molecule has 0 bridgehead atoms. The second-order valence-corrected chi connectivity index (χ2v) is 10.7. The number of hydrogen-bond donors (Lipinski definition) is 3. The Labute approximate surface area is 246 Å². The Morgan fingerprint density at radius 1 is 0.622 bits per heavy atom. The Morgan fingerprint density at radius 2 is 0.978 bits per heavy atom. The molecule has 3 aromatic carbocycles. The molecule has 1 unspecified atom stereocenters. The van der Waals surface area contributed by atoms with Gasteiger partial charge in [0.1, 0.15) is 11.5 Å². The molecule has 0 radical (unpaired) electrons. The molecule has 19 heteroatoms. The molecule has 0 spiro atoms. The first-order valence-electron chi connectivity index (χ1n) is 11.7. The summed E-state index contributed by atoms with van der Waals surface area (Å²) in [5.41, 5.74) is -12.4. The highest BCUT2D eigenvalue weighted by molar-refractivity contribution is 7.85. The van der Waals surface area contributed by atoms with Crippen LogP contribution in [-0.2, 0) is 21.3 Å². The minimum absolute atomic E-state index is 0.153. The van der Waals surface area contributed by atoms with Crippen LogP contribution in [0.1, 0.15) is 38.8 Å². The third kappa shape index (κ3) is 7.21. The third-order valence-electron chi connectivity index (χ3n) is 6.16. The summed E-state index contributed by atoms with van der Waals surface area (Å²) in [6.45, 7) is 0.467. The van der Waals surface area contributed by atoms with Crippen LogP contribution in [0.15, 0.2) is 71.6 Å². The predicted octanol–water partition coefficient (Wildman–Crippen LogP) is 5.45. The fourth-order valence-corrected chi connectivity index (χ4v) is 4.13. The average molecular weight is 676 g/mol. The van der Waals surface area contributed by atoms with Crippen LogP contribution in [0.3, 0.4) is 0 Å². The molecule has 0 amide bonds. The maximum Gasteiger partial charge on any atom is 0.430 e. The van der Waals surface area contributed by atoms with Crippen LogP contribution < -0.4 is 9.47 Å². The number of alkyl halides is 9. The number of rotatable bonds is 7. The van der Waals surface area contributed by atoms with Gasteiger partial charge in [-0.25, -0.2) is 9.59 Å². The van der Waals surface area contributed by atoms with Gasteiger partial charge >= 0.3 is 30.5 Å². The lowest BCUT2D eigenvalue weighted by molar-refractivity contribution is -0.376. The molecule has 0 saturated carbocycles. The van der Waals surface area contributed by atoms with E-state index in [4.69, 9.17) is 9.47 Å². The Morgan fingerprint density at radius 3 is 1.29 bits per heavy atom. The minimum atomic E-state index is -6.20. The van der Waals surface area contributed by atoms with Crippen LogP contribution in [0, 0.1) is 0 Å². The van der Waals surface area contributed by atoms with Gasteiger partial charge in [0.25, 0.3) is 15.7 Å². The second kappa shape index (κ2) is 11.6. The summed E-state index contributed by atoms with van der Waals surface area (Å²) in [6.07, 6.45) is -17.5. The van der Waals surface area contributed by atoms with Crippen molar-refractivity contribution in [3.8, 4) is 11.5 Å². The second-order valence-electron chi connectivity index (χ2n) is 9.32. The Hall–Kier alpha value is -4.20. The van der Waals surface area contributed by atoms with Crippen LogP contribution in [0.25, 0.3) is 0 Å². The van der Waals surface area contributed by atoms with E-state index < -0.39 is 90.4 Å². The zero-order chi connectivity index (χ0) is 34.4. The first kappa shape index (κ1) is 35.3. The normalized spacial score (nSPS) is 14.4. The maximum absolute atomic E-state index is 13.1. The molecular weight excluding hydrogens is 659 g/mol. The van der Waals surface area contributed by atoms with Crippen molar-refractivity contribution in [2.24, 2.45) is 0 Å². The summed E-state index contributed by atoms with van der Waals surface area (Å²) >= 11 is 0. The number of benzene rings is 3. The molecule has 0 aromatic heterocycles. The summed E-state index contributed by atoms with van der Waals surface area (Å²) in [4.78, 5) is 24.3. The van der Waals surface area contributed by atoms with Crippen LogP contribution >= 0.6 is 0 Å². The Bertz CT molecular complexity index is 1680. The number of hydrogen-bond acceptors (Lipinski definition) is 8. The third-order valence-corrected chi connectivity index (χ3v) is 6.99. The summed E-state index contributed by atoms with van der Waals surface area (Å²) < 4.78 is 160. The molecule has 0 heterocycles. The van der Waals surface area contributed by atoms with Crippen molar-refractivity contribution < 1.29 is 81.8 Å². The summed E-state index contributed by atoms with van der Waals surface area (Å²) in [5, 5.41) is 19.2. The molecule has 244 valence electrons. The van der Waals surface area contributed by atoms with Gasteiger partial charge in [-0.2, -0.15) is 47.9 Å². The van der Waals surface area contributed by atoms with E-state index in [1.165, 1.54) is 0 Å². The van der Waals surface area contributed by atoms with Crippen molar-refractivity contribution in [2.75, 3.05) is 0 Å². The van der Waals surface area contributed by atoms with E-state index in [-0.39, 0.29) is 12.1 Å². The largest absolute Gasteiger partial charge is 0.430 e.